The summed E-state index contributed by atoms with van der Waals surface area (Å²) in [5.74, 6) is 0. The number of hydrogen-bond acceptors (Lipinski definition) is 2. The molecule has 62 valence electrons. The first-order valence-electron chi connectivity index (χ1n) is 3.05. The molecule has 0 aliphatic heterocycles. The highest BCUT2D eigenvalue weighted by Gasteiger charge is 1.94. The summed E-state index contributed by atoms with van der Waals surface area (Å²) in [6, 6.07) is 5.21. The van der Waals surface area contributed by atoms with Crippen LogP contribution in [0.15, 0.2) is 18.2 Å². The number of rotatable bonds is 1. The molecule has 1 rings (SSSR count). The molecule has 4 heteroatoms. The second kappa shape index (κ2) is 4.53. The SMILES string of the molecule is Cc1cc([NH2+][O-])ccc1N.[I-]. The Morgan fingerprint density at radius 1 is 1.45 bits per heavy atom. The predicted molar refractivity (Wildman–Crippen MR) is 40.5 cm³/mol. The van der Waals surface area contributed by atoms with Crippen LogP contribution in [0.3, 0.4) is 0 Å². The van der Waals surface area contributed by atoms with Crippen molar-refractivity contribution in [3.63, 3.8) is 0 Å². The lowest BCUT2D eigenvalue weighted by Crippen LogP contribution is -3.00. The number of quaternary nitrogens is 1. The maximum atomic E-state index is 10.2. The summed E-state index contributed by atoms with van der Waals surface area (Å²) in [6.07, 6.45) is 0. The molecule has 4 N–H and O–H groups in total. The minimum absolute atomic E-state index is 0. The zero-order chi connectivity index (χ0) is 7.56. The summed E-state index contributed by atoms with van der Waals surface area (Å²) in [6.45, 7) is 1.88. The van der Waals surface area contributed by atoms with E-state index in [-0.39, 0.29) is 24.0 Å². The van der Waals surface area contributed by atoms with Crippen molar-refractivity contribution < 1.29 is 29.5 Å². The van der Waals surface area contributed by atoms with Gasteiger partial charge >= 0.3 is 0 Å². The van der Waals surface area contributed by atoms with Crippen molar-refractivity contribution in [2.24, 2.45) is 0 Å². The van der Waals surface area contributed by atoms with Gasteiger partial charge in [0.2, 0.25) is 0 Å². The van der Waals surface area contributed by atoms with Gasteiger partial charge in [-0.15, -0.1) is 0 Å². The Bertz CT molecular complexity index is 240. The van der Waals surface area contributed by atoms with Gasteiger partial charge in [-0.3, -0.25) is 0 Å². The highest BCUT2D eigenvalue weighted by atomic mass is 127. The molecule has 0 aliphatic rings. The number of nitrogens with two attached hydrogens (primary N) is 2. The normalized spacial score (nSPS) is 8.91. The molecule has 0 saturated carbocycles. The van der Waals surface area contributed by atoms with Gasteiger partial charge in [-0.05, 0) is 18.6 Å². The van der Waals surface area contributed by atoms with E-state index >= 15 is 0 Å². The van der Waals surface area contributed by atoms with E-state index in [1.807, 2.05) is 6.92 Å². The molecule has 3 nitrogen and oxygen atoms in total. The number of hydrogen-bond donors (Lipinski definition) is 2. The second-order valence-electron chi connectivity index (χ2n) is 2.23. The van der Waals surface area contributed by atoms with Crippen molar-refractivity contribution in [3.8, 4) is 0 Å². The van der Waals surface area contributed by atoms with Gasteiger partial charge in [-0.1, -0.05) is 0 Å². The number of nitrogen functional groups attached to an aromatic ring is 1. The molecule has 0 fully saturated rings. The van der Waals surface area contributed by atoms with Crippen molar-refractivity contribution in [2.75, 3.05) is 5.73 Å². The fourth-order valence-electron chi connectivity index (χ4n) is 0.772. The van der Waals surface area contributed by atoms with Crippen molar-refractivity contribution in [2.45, 2.75) is 6.92 Å². The van der Waals surface area contributed by atoms with E-state index in [4.69, 9.17) is 5.73 Å². The van der Waals surface area contributed by atoms with E-state index in [1.54, 1.807) is 18.2 Å². The molecular formula is C7H10IN2O-. The third kappa shape index (κ3) is 2.64. The molecule has 11 heavy (non-hydrogen) atoms. The van der Waals surface area contributed by atoms with Crippen molar-refractivity contribution >= 4 is 11.4 Å². The minimum Gasteiger partial charge on any atom is -1.00 e. The van der Waals surface area contributed by atoms with E-state index in [0.29, 0.717) is 5.69 Å². The lowest BCUT2D eigenvalue weighted by molar-refractivity contribution is -0.497. The van der Waals surface area contributed by atoms with Crippen molar-refractivity contribution in [1.82, 2.24) is 0 Å². The van der Waals surface area contributed by atoms with Crippen LogP contribution < -0.4 is 35.2 Å². The van der Waals surface area contributed by atoms with E-state index < -0.39 is 0 Å². The van der Waals surface area contributed by atoms with Crippen LogP contribution in [0.25, 0.3) is 0 Å². The average Bonchev–Trinajstić information content (AvgIpc) is 1.95. The first kappa shape index (κ1) is 10.7. The Kier molecular flexibility index (Phi) is 4.39. The molecule has 0 atom stereocenters. The molecular weight excluding hydrogens is 255 g/mol. The van der Waals surface area contributed by atoms with Crippen molar-refractivity contribution in [1.29, 1.82) is 0 Å². The highest BCUT2D eigenvalue weighted by Crippen LogP contribution is 2.12. The lowest BCUT2D eigenvalue weighted by atomic mass is 10.2. The van der Waals surface area contributed by atoms with Gasteiger partial charge in [-0.2, -0.15) is 0 Å². The zero-order valence-electron chi connectivity index (χ0n) is 6.17. The summed E-state index contributed by atoms with van der Waals surface area (Å²) in [5.41, 5.74) is 8.69. The minimum atomic E-state index is 0. The Balaban J connectivity index is 0.000001000. The summed E-state index contributed by atoms with van der Waals surface area (Å²) < 4.78 is 0. The van der Waals surface area contributed by atoms with Crippen LogP contribution in [0.4, 0.5) is 11.4 Å². The van der Waals surface area contributed by atoms with Crippen LogP contribution in [0.5, 0.6) is 0 Å². The Hall–Kier alpha value is -0.330. The largest absolute Gasteiger partial charge is 1.00 e. The van der Waals surface area contributed by atoms with Crippen LogP contribution in [0, 0.1) is 12.1 Å². The summed E-state index contributed by atoms with van der Waals surface area (Å²) in [4.78, 5) is 0. The number of anilines is 1. The maximum Gasteiger partial charge on any atom is 0.129 e. The number of benzene rings is 1. The molecule has 0 aromatic heterocycles. The predicted octanol–water partition coefficient (Wildman–Crippen LogP) is -2.73. The summed E-state index contributed by atoms with van der Waals surface area (Å²) in [7, 11) is 0. The maximum absolute atomic E-state index is 10.2. The molecule has 1 aromatic carbocycles. The molecule has 0 unspecified atom stereocenters. The third-order valence-corrected chi connectivity index (χ3v) is 1.43. The zero-order valence-corrected chi connectivity index (χ0v) is 8.33. The molecule has 0 saturated heterocycles. The molecule has 1 aromatic rings. The van der Waals surface area contributed by atoms with Gasteiger partial charge in [0.15, 0.2) is 0 Å². The van der Waals surface area contributed by atoms with Crippen LogP contribution in [0.1, 0.15) is 5.56 Å². The van der Waals surface area contributed by atoms with E-state index in [2.05, 4.69) is 0 Å². The molecule has 0 bridgehead atoms. The van der Waals surface area contributed by atoms with Gasteiger partial charge in [0, 0.05) is 17.8 Å². The Morgan fingerprint density at radius 2 is 2.09 bits per heavy atom. The lowest BCUT2D eigenvalue weighted by Gasteiger charge is -2.03. The molecule has 0 aliphatic carbocycles. The smallest absolute Gasteiger partial charge is 0.129 e. The summed E-state index contributed by atoms with van der Waals surface area (Å²) in [5, 5.41) is 10.2. The standard InChI is InChI=1S/C7H10N2O.HI/c1-5-4-6(9-10)2-3-7(5)8;/h2-4H,8-9H2,1H3;1H/p-1. The Labute approximate surface area is 82.6 Å². The fourth-order valence-corrected chi connectivity index (χ4v) is 0.772. The Morgan fingerprint density at radius 3 is 2.55 bits per heavy atom. The summed E-state index contributed by atoms with van der Waals surface area (Å²) >= 11 is 0. The second-order valence-corrected chi connectivity index (χ2v) is 2.23. The topological polar surface area (TPSA) is 65.7 Å². The van der Waals surface area contributed by atoms with E-state index in [0.717, 1.165) is 16.7 Å². The van der Waals surface area contributed by atoms with Gasteiger partial charge in [0.25, 0.3) is 0 Å². The van der Waals surface area contributed by atoms with Gasteiger partial charge < -0.3 is 40.4 Å². The number of halogens is 1. The first-order valence-corrected chi connectivity index (χ1v) is 3.05. The van der Waals surface area contributed by atoms with Crippen molar-refractivity contribution in [3.05, 3.63) is 29.0 Å². The third-order valence-electron chi connectivity index (χ3n) is 1.43. The quantitative estimate of drug-likeness (QED) is 0.329. The fraction of sp³-hybridized carbons (Fsp3) is 0.143. The van der Waals surface area contributed by atoms with Gasteiger partial charge in [0.05, 0.1) is 0 Å². The molecule has 0 heterocycles. The van der Waals surface area contributed by atoms with E-state index in [9.17, 15) is 5.21 Å². The van der Waals surface area contributed by atoms with Crippen LogP contribution in [0.2, 0.25) is 0 Å². The molecule has 0 amide bonds. The van der Waals surface area contributed by atoms with Crippen LogP contribution in [-0.4, -0.2) is 0 Å². The number of aryl methyl sites for hydroxylation is 1. The van der Waals surface area contributed by atoms with Crippen LogP contribution in [-0.2, 0) is 0 Å². The average molecular weight is 265 g/mol. The van der Waals surface area contributed by atoms with Gasteiger partial charge in [0.1, 0.15) is 5.69 Å². The van der Waals surface area contributed by atoms with E-state index in [1.165, 1.54) is 0 Å². The van der Waals surface area contributed by atoms with Crippen LogP contribution >= 0.6 is 0 Å². The van der Waals surface area contributed by atoms with Gasteiger partial charge in [-0.25, -0.2) is 0 Å². The molecule has 0 spiro atoms. The monoisotopic (exact) mass is 265 g/mol. The highest BCUT2D eigenvalue weighted by molar-refractivity contribution is 5.51. The first-order chi connectivity index (χ1) is 4.74. The molecule has 0 radical (unpaired) electrons.